The second-order valence-electron chi connectivity index (χ2n) is 4.64. The van der Waals surface area contributed by atoms with E-state index in [1.165, 1.54) is 0 Å². The number of hydrogen-bond donors (Lipinski definition) is 1. The number of nitrogens with zero attached hydrogens (tertiary/aromatic N) is 2. The minimum atomic E-state index is -0.117. The first kappa shape index (κ1) is 13.4. The molecule has 0 fully saturated rings. The SMILES string of the molecule is CCCc1cc(C(=O)N(C)C(C)c2ccco2)n[nH]1. The van der Waals surface area contributed by atoms with Crippen molar-refractivity contribution in [2.75, 3.05) is 7.05 Å². The molecular formula is C14H19N3O2. The molecule has 102 valence electrons. The fourth-order valence-corrected chi connectivity index (χ4v) is 1.94. The molecule has 19 heavy (non-hydrogen) atoms. The van der Waals surface area contributed by atoms with Gasteiger partial charge in [-0.25, -0.2) is 0 Å². The average Bonchev–Trinajstić information content (AvgIpc) is 3.07. The van der Waals surface area contributed by atoms with Crippen LogP contribution in [-0.2, 0) is 6.42 Å². The van der Waals surface area contributed by atoms with E-state index in [0.717, 1.165) is 24.3 Å². The van der Waals surface area contributed by atoms with Gasteiger partial charge in [0.2, 0.25) is 0 Å². The lowest BCUT2D eigenvalue weighted by atomic mass is 10.2. The summed E-state index contributed by atoms with van der Waals surface area (Å²) in [6.45, 7) is 4.02. The minimum absolute atomic E-state index is 0.109. The van der Waals surface area contributed by atoms with Gasteiger partial charge in [-0.05, 0) is 31.5 Å². The van der Waals surface area contributed by atoms with Crippen LogP contribution >= 0.6 is 0 Å². The van der Waals surface area contributed by atoms with Gasteiger partial charge in [-0.2, -0.15) is 5.10 Å². The third kappa shape index (κ3) is 2.86. The first-order valence-corrected chi connectivity index (χ1v) is 6.48. The average molecular weight is 261 g/mol. The van der Waals surface area contributed by atoms with Crippen molar-refractivity contribution < 1.29 is 9.21 Å². The summed E-state index contributed by atoms with van der Waals surface area (Å²) in [4.78, 5) is 13.9. The molecule has 0 spiro atoms. The normalized spacial score (nSPS) is 12.4. The Morgan fingerprint density at radius 2 is 2.37 bits per heavy atom. The number of carbonyl (C=O) groups is 1. The van der Waals surface area contributed by atoms with Gasteiger partial charge in [-0.1, -0.05) is 13.3 Å². The van der Waals surface area contributed by atoms with Crippen molar-refractivity contribution in [1.29, 1.82) is 0 Å². The molecular weight excluding hydrogens is 242 g/mol. The number of rotatable bonds is 5. The molecule has 5 heteroatoms. The van der Waals surface area contributed by atoms with Gasteiger partial charge >= 0.3 is 0 Å². The van der Waals surface area contributed by atoms with E-state index in [4.69, 9.17) is 4.42 Å². The van der Waals surface area contributed by atoms with Crippen LogP contribution in [0.4, 0.5) is 0 Å². The number of amides is 1. The predicted octanol–water partition coefficient (Wildman–Crippen LogP) is 2.79. The van der Waals surface area contributed by atoms with Crippen molar-refractivity contribution in [1.82, 2.24) is 15.1 Å². The van der Waals surface area contributed by atoms with E-state index in [1.807, 2.05) is 25.1 Å². The molecule has 2 heterocycles. The first-order chi connectivity index (χ1) is 9.13. The first-order valence-electron chi connectivity index (χ1n) is 6.48. The van der Waals surface area contributed by atoms with E-state index in [0.29, 0.717) is 5.69 Å². The Kier molecular flexibility index (Phi) is 4.04. The van der Waals surface area contributed by atoms with Crippen LogP contribution in [0.5, 0.6) is 0 Å². The zero-order valence-electron chi connectivity index (χ0n) is 11.5. The highest BCUT2D eigenvalue weighted by molar-refractivity contribution is 5.92. The molecule has 5 nitrogen and oxygen atoms in total. The van der Waals surface area contributed by atoms with Crippen LogP contribution in [0.1, 0.15) is 48.3 Å². The molecule has 1 amide bonds. The van der Waals surface area contributed by atoms with Crippen molar-refractivity contribution in [3.05, 3.63) is 41.6 Å². The van der Waals surface area contributed by atoms with E-state index in [2.05, 4.69) is 17.1 Å². The smallest absolute Gasteiger partial charge is 0.274 e. The lowest BCUT2D eigenvalue weighted by Crippen LogP contribution is -2.29. The maximum Gasteiger partial charge on any atom is 0.274 e. The van der Waals surface area contributed by atoms with Crippen LogP contribution in [-0.4, -0.2) is 28.1 Å². The van der Waals surface area contributed by atoms with Gasteiger partial charge in [-0.3, -0.25) is 9.89 Å². The maximum absolute atomic E-state index is 12.3. The van der Waals surface area contributed by atoms with Crippen LogP contribution < -0.4 is 0 Å². The third-order valence-corrected chi connectivity index (χ3v) is 3.23. The highest BCUT2D eigenvalue weighted by Gasteiger charge is 2.22. The number of hydrogen-bond acceptors (Lipinski definition) is 3. The molecule has 2 aromatic rings. The van der Waals surface area contributed by atoms with E-state index < -0.39 is 0 Å². The number of aromatic amines is 1. The fourth-order valence-electron chi connectivity index (χ4n) is 1.94. The van der Waals surface area contributed by atoms with Crippen LogP contribution in [0.3, 0.4) is 0 Å². The van der Waals surface area contributed by atoms with Crippen LogP contribution in [0, 0.1) is 0 Å². The summed E-state index contributed by atoms with van der Waals surface area (Å²) in [5.41, 5.74) is 1.44. The second kappa shape index (κ2) is 5.73. The molecule has 2 rings (SSSR count). The number of H-pyrrole nitrogens is 1. The van der Waals surface area contributed by atoms with E-state index in [1.54, 1.807) is 18.2 Å². The number of aryl methyl sites for hydroxylation is 1. The van der Waals surface area contributed by atoms with Crippen molar-refractivity contribution in [3.8, 4) is 0 Å². The summed E-state index contributed by atoms with van der Waals surface area (Å²) >= 11 is 0. The van der Waals surface area contributed by atoms with Crippen molar-refractivity contribution in [2.24, 2.45) is 0 Å². The molecule has 0 bridgehead atoms. The molecule has 0 saturated heterocycles. The number of nitrogens with one attached hydrogen (secondary N) is 1. The molecule has 1 atom stereocenters. The Morgan fingerprint density at radius 1 is 1.58 bits per heavy atom. The molecule has 0 aliphatic heterocycles. The van der Waals surface area contributed by atoms with Gasteiger partial charge in [0, 0.05) is 12.7 Å². The Balaban J connectivity index is 2.09. The minimum Gasteiger partial charge on any atom is -0.467 e. The van der Waals surface area contributed by atoms with Crippen molar-refractivity contribution in [2.45, 2.75) is 32.7 Å². The molecule has 1 N–H and O–H groups in total. The molecule has 1 unspecified atom stereocenters. The maximum atomic E-state index is 12.3. The fraction of sp³-hybridized carbons (Fsp3) is 0.429. The van der Waals surface area contributed by atoms with E-state index in [9.17, 15) is 4.79 Å². The van der Waals surface area contributed by atoms with Crippen LogP contribution in [0.2, 0.25) is 0 Å². The highest BCUT2D eigenvalue weighted by Crippen LogP contribution is 2.20. The van der Waals surface area contributed by atoms with Gasteiger partial charge in [0.25, 0.3) is 5.91 Å². The zero-order chi connectivity index (χ0) is 13.8. The molecule has 2 aromatic heterocycles. The summed E-state index contributed by atoms with van der Waals surface area (Å²) in [5, 5.41) is 6.97. The Bertz CT molecular complexity index is 531. The molecule has 0 aliphatic carbocycles. The van der Waals surface area contributed by atoms with Gasteiger partial charge in [0.05, 0.1) is 12.3 Å². The summed E-state index contributed by atoms with van der Waals surface area (Å²) in [6, 6.07) is 5.38. The van der Waals surface area contributed by atoms with Crippen molar-refractivity contribution >= 4 is 5.91 Å². The topological polar surface area (TPSA) is 62.1 Å². The zero-order valence-corrected chi connectivity index (χ0v) is 11.5. The summed E-state index contributed by atoms with van der Waals surface area (Å²) < 4.78 is 5.32. The third-order valence-electron chi connectivity index (χ3n) is 3.23. The monoisotopic (exact) mass is 261 g/mol. The Labute approximate surface area is 112 Å². The summed E-state index contributed by atoms with van der Waals surface area (Å²) in [7, 11) is 1.75. The number of carbonyl (C=O) groups excluding carboxylic acids is 1. The van der Waals surface area contributed by atoms with Gasteiger partial charge in [-0.15, -0.1) is 0 Å². The van der Waals surface area contributed by atoms with E-state index >= 15 is 0 Å². The molecule has 0 radical (unpaired) electrons. The van der Waals surface area contributed by atoms with Crippen LogP contribution in [0.15, 0.2) is 28.9 Å². The molecule has 0 aromatic carbocycles. The van der Waals surface area contributed by atoms with Gasteiger partial charge < -0.3 is 9.32 Å². The number of furan rings is 1. The van der Waals surface area contributed by atoms with Crippen LogP contribution in [0.25, 0.3) is 0 Å². The standard InChI is InChI=1S/C14H19N3O2/c1-4-6-11-9-12(16-15-11)14(18)17(3)10(2)13-7-5-8-19-13/h5,7-10H,4,6H2,1-3H3,(H,15,16). The summed E-state index contributed by atoms with van der Waals surface area (Å²) in [5.74, 6) is 0.655. The van der Waals surface area contributed by atoms with Crippen molar-refractivity contribution in [3.63, 3.8) is 0 Å². The largest absolute Gasteiger partial charge is 0.467 e. The van der Waals surface area contributed by atoms with E-state index in [-0.39, 0.29) is 11.9 Å². The predicted molar refractivity (Wildman–Crippen MR) is 71.8 cm³/mol. The quantitative estimate of drug-likeness (QED) is 0.900. The summed E-state index contributed by atoms with van der Waals surface area (Å²) in [6.07, 6.45) is 3.53. The number of aromatic nitrogens is 2. The second-order valence-corrected chi connectivity index (χ2v) is 4.64. The lowest BCUT2D eigenvalue weighted by Gasteiger charge is -2.22. The van der Waals surface area contributed by atoms with Gasteiger partial charge in [0.15, 0.2) is 0 Å². The lowest BCUT2D eigenvalue weighted by molar-refractivity contribution is 0.0720. The Morgan fingerprint density at radius 3 is 3.00 bits per heavy atom. The molecule has 0 aliphatic rings. The Hall–Kier alpha value is -2.04. The van der Waals surface area contributed by atoms with Gasteiger partial charge in [0.1, 0.15) is 11.5 Å². The molecule has 0 saturated carbocycles. The highest BCUT2D eigenvalue weighted by atomic mass is 16.3.